The van der Waals surface area contributed by atoms with Crippen LogP contribution in [0.5, 0.6) is 0 Å². The Morgan fingerprint density at radius 2 is 2.00 bits per heavy atom. The molecule has 0 N–H and O–H groups in total. The lowest BCUT2D eigenvalue weighted by molar-refractivity contribution is -0.121. The fourth-order valence-electron chi connectivity index (χ4n) is 2.20. The summed E-state index contributed by atoms with van der Waals surface area (Å²) >= 11 is 3.38. The zero-order valence-electron chi connectivity index (χ0n) is 9.01. The standard InChI is InChI=1S/C13H14BrFO/c14-13-8-11(15)4-3-10(13)7-9-1-5-12(16)6-2-9/h3-4,8-9H,1-2,5-7H2. The van der Waals surface area contributed by atoms with E-state index in [2.05, 4.69) is 15.9 Å². The maximum atomic E-state index is 12.9. The minimum atomic E-state index is -0.213. The first-order valence-electron chi connectivity index (χ1n) is 5.61. The van der Waals surface area contributed by atoms with Crippen LogP contribution in [-0.2, 0) is 11.2 Å². The van der Waals surface area contributed by atoms with Crippen molar-refractivity contribution in [1.82, 2.24) is 0 Å². The number of ketones is 1. The van der Waals surface area contributed by atoms with Crippen LogP contribution in [0.15, 0.2) is 22.7 Å². The predicted octanol–water partition coefficient (Wildman–Crippen LogP) is 3.89. The second-order valence-corrected chi connectivity index (χ2v) is 5.28. The third kappa shape index (κ3) is 2.91. The highest BCUT2D eigenvalue weighted by molar-refractivity contribution is 9.10. The molecule has 86 valence electrons. The van der Waals surface area contributed by atoms with Gasteiger partial charge < -0.3 is 0 Å². The monoisotopic (exact) mass is 284 g/mol. The van der Waals surface area contributed by atoms with Crippen LogP contribution in [0.2, 0.25) is 0 Å². The van der Waals surface area contributed by atoms with Crippen LogP contribution in [0, 0.1) is 11.7 Å². The molecule has 0 spiro atoms. The van der Waals surface area contributed by atoms with E-state index in [4.69, 9.17) is 0 Å². The van der Waals surface area contributed by atoms with E-state index in [1.807, 2.05) is 6.07 Å². The Hall–Kier alpha value is -0.700. The molecule has 1 aromatic carbocycles. The van der Waals surface area contributed by atoms with Gasteiger partial charge in [0.15, 0.2) is 0 Å². The van der Waals surface area contributed by atoms with Crippen molar-refractivity contribution in [1.29, 1.82) is 0 Å². The topological polar surface area (TPSA) is 17.1 Å². The van der Waals surface area contributed by atoms with Gasteiger partial charge in [0, 0.05) is 17.3 Å². The Bertz CT molecular complexity index is 393. The highest BCUT2D eigenvalue weighted by Gasteiger charge is 2.19. The Kier molecular flexibility index (Phi) is 3.74. The normalized spacial score (nSPS) is 17.8. The van der Waals surface area contributed by atoms with Gasteiger partial charge in [0.25, 0.3) is 0 Å². The molecule has 1 saturated carbocycles. The van der Waals surface area contributed by atoms with Crippen molar-refractivity contribution in [2.24, 2.45) is 5.92 Å². The highest BCUT2D eigenvalue weighted by Crippen LogP contribution is 2.28. The summed E-state index contributed by atoms with van der Waals surface area (Å²) in [5, 5.41) is 0. The van der Waals surface area contributed by atoms with Crippen LogP contribution in [0.4, 0.5) is 4.39 Å². The summed E-state index contributed by atoms with van der Waals surface area (Å²) in [7, 11) is 0. The lowest BCUT2D eigenvalue weighted by Crippen LogP contribution is -2.15. The molecule has 0 heterocycles. The lowest BCUT2D eigenvalue weighted by Gasteiger charge is -2.21. The number of halogens is 2. The average molecular weight is 285 g/mol. The van der Waals surface area contributed by atoms with Crippen molar-refractivity contribution in [3.8, 4) is 0 Å². The van der Waals surface area contributed by atoms with Crippen LogP contribution in [0.1, 0.15) is 31.2 Å². The predicted molar refractivity (Wildman–Crippen MR) is 64.8 cm³/mol. The van der Waals surface area contributed by atoms with Gasteiger partial charge in [-0.1, -0.05) is 22.0 Å². The summed E-state index contributed by atoms with van der Waals surface area (Å²) in [5.74, 6) is 0.739. The molecule has 0 unspecified atom stereocenters. The van der Waals surface area contributed by atoms with Crippen LogP contribution in [-0.4, -0.2) is 5.78 Å². The second-order valence-electron chi connectivity index (χ2n) is 4.42. The maximum Gasteiger partial charge on any atom is 0.132 e. The molecule has 1 aliphatic rings. The number of carbonyl (C=O) groups excluding carboxylic acids is 1. The van der Waals surface area contributed by atoms with Crippen LogP contribution in [0.25, 0.3) is 0 Å². The average Bonchev–Trinajstić information content (AvgIpc) is 2.25. The van der Waals surface area contributed by atoms with Gasteiger partial charge in [0.1, 0.15) is 11.6 Å². The zero-order valence-corrected chi connectivity index (χ0v) is 10.6. The SMILES string of the molecule is O=C1CCC(Cc2ccc(F)cc2Br)CC1. The Morgan fingerprint density at radius 1 is 1.31 bits per heavy atom. The van der Waals surface area contributed by atoms with E-state index in [9.17, 15) is 9.18 Å². The van der Waals surface area contributed by atoms with Crippen molar-refractivity contribution in [2.75, 3.05) is 0 Å². The van der Waals surface area contributed by atoms with E-state index in [1.54, 1.807) is 0 Å². The van der Waals surface area contributed by atoms with E-state index in [1.165, 1.54) is 12.1 Å². The molecule has 2 rings (SSSR count). The number of benzene rings is 1. The van der Waals surface area contributed by atoms with Crippen molar-refractivity contribution < 1.29 is 9.18 Å². The second kappa shape index (κ2) is 5.09. The maximum absolute atomic E-state index is 12.9. The molecule has 0 amide bonds. The Balaban J connectivity index is 2.01. The summed E-state index contributed by atoms with van der Waals surface area (Å²) in [5.41, 5.74) is 1.14. The fourth-order valence-corrected chi connectivity index (χ4v) is 2.71. The number of carbonyl (C=O) groups is 1. The molecule has 16 heavy (non-hydrogen) atoms. The molecule has 1 aliphatic carbocycles. The summed E-state index contributed by atoms with van der Waals surface area (Å²) in [6, 6.07) is 4.83. The number of rotatable bonds is 2. The minimum Gasteiger partial charge on any atom is -0.300 e. The largest absolute Gasteiger partial charge is 0.300 e. The van der Waals surface area contributed by atoms with Crippen molar-refractivity contribution >= 4 is 21.7 Å². The molecule has 0 aromatic heterocycles. The number of Topliss-reactive ketones (excluding diaryl/α,β-unsaturated/α-hetero) is 1. The molecule has 0 radical (unpaired) electrons. The van der Waals surface area contributed by atoms with Crippen LogP contribution >= 0.6 is 15.9 Å². The zero-order chi connectivity index (χ0) is 11.5. The van der Waals surface area contributed by atoms with E-state index in [0.717, 1.165) is 29.3 Å². The molecule has 0 aliphatic heterocycles. The molecule has 1 aromatic rings. The number of hydrogen-bond acceptors (Lipinski definition) is 1. The van der Waals surface area contributed by atoms with Gasteiger partial charge in [-0.3, -0.25) is 4.79 Å². The third-order valence-corrected chi connectivity index (χ3v) is 3.92. The van der Waals surface area contributed by atoms with Crippen LogP contribution < -0.4 is 0 Å². The molecule has 3 heteroatoms. The Morgan fingerprint density at radius 3 is 2.62 bits per heavy atom. The molecule has 0 bridgehead atoms. The lowest BCUT2D eigenvalue weighted by atomic mass is 9.84. The van der Waals surface area contributed by atoms with Crippen molar-refractivity contribution in [2.45, 2.75) is 32.1 Å². The van der Waals surface area contributed by atoms with Crippen molar-refractivity contribution in [3.05, 3.63) is 34.1 Å². The smallest absolute Gasteiger partial charge is 0.132 e. The van der Waals surface area contributed by atoms with Gasteiger partial charge in [0.05, 0.1) is 0 Å². The highest BCUT2D eigenvalue weighted by atomic mass is 79.9. The first-order valence-corrected chi connectivity index (χ1v) is 6.40. The van der Waals surface area contributed by atoms with Gasteiger partial charge in [-0.15, -0.1) is 0 Å². The first kappa shape index (κ1) is 11.8. The van der Waals surface area contributed by atoms with E-state index in [-0.39, 0.29) is 5.82 Å². The van der Waals surface area contributed by atoms with Gasteiger partial charge in [0.2, 0.25) is 0 Å². The third-order valence-electron chi connectivity index (χ3n) is 3.19. The van der Waals surface area contributed by atoms with Gasteiger partial charge in [-0.2, -0.15) is 0 Å². The molecular weight excluding hydrogens is 271 g/mol. The summed E-state index contributed by atoms with van der Waals surface area (Å²) in [6.45, 7) is 0. The Labute approximate surface area is 103 Å². The molecule has 0 atom stereocenters. The summed E-state index contributed by atoms with van der Waals surface area (Å²) in [6.07, 6.45) is 4.31. The van der Waals surface area contributed by atoms with Gasteiger partial charge in [-0.05, 0) is 42.9 Å². The van der Waals surface area contributed by atoms with E-state index >= 15 is 0 Å². The molecule has 1 nitrogen and oxygen atoms in total. The fraction of sp³-hybridized carbons (Fsp3) is 0.462. The van der Waals surface area contributed by atoms with Gasteiger partial charge in [-0.25, -0.2) is 4.39 Å². The van der Waals surface area contributed by atoms with E-state index < -0.39 is 0 Å². The van der Waals surface area contributed by atoms with Crippen molar-refractivity contribution in [3.63, 3.8) is 0 Å². The quantitative estimate of drug-likeness (QED) is 0.805. The van der Waals surface area contributed by atoms with E-state index in [0.29, 0.717) is 24.5 Å². The molecule has 1 fully saturated rings. The van der Waals surface area contributed by atoms with Crippen LogP contribution in [0.3, 0.4) is 0 Å². The van der Waals surface area contributed by atoms with Gasteiger partial charge >= 0.3 is 0 Å². The molecular formula is C13H14BrFO. The summed E-state index contributed by atoms with van der Waals surface area (Å²) < 4.78 is 13.7. The minimum absolute atomic E-state index is 0.213. The molecule has 0 saturated heterocycles. The summed E-state index contributed by atoms with van der Waals surface area (Å²) in [4.78, 5) is 11.1. The first-order chi connectivity index (χ1) is 7.65. The number of hydrogen-bond donors (Lipinski definition) is 0.